The number of hydrogen-bond acceptors (Lipinski definition) is 2. The van der Waals surface area contributed by atoms with Crippen molar-refractivity contribution in [1.82, 2.24) is 0 Å². The number of hydrogen-bond donors (Lipinski definition) is 2. The molecular formula is C62H54N2. The number of nitrogens with one attached hydrogen (secondary N) is 1. The molecule has 2 heteroatoms. The first-order valence-corrected chi connectivity index (χ1v) is 21.6. The van der Waals surface area contributed by atoms with Crippen LogP contribution >= 0.6 is 0 Å². The molecule has 0 fully saturated rings. The van der Waals surface area contributed by atoms with Gasteiger partial charge in [0.25, 0.3) is 0 Å². The van der Waals surface area contributed by atoms with Crippen LogP contribution in [0.4, 0.5) is 0 Å². The van der Waals surface area contributed by atoms with Crippen LogP contribution in [0.2, 0.25) is 0 Å². The van der Waals surface area contributed by atoms with Gasteiger partial charge < -0.3 is 11.1 Å². The van der Waals surface area contributed by atoms with E-state index in [2.05, 4.69) is 196 Å². The molecule has 0 radical (unpaired) electrons. The minimum atomic E-state index is 0.405. The number of rotatable bonds is 9. The first-order chi connectivity index (χ1) is 31.3. The van der Waals surface area contributed by atoms with Gasteiger partial charge in [-0.1, -0.05) is 189 Å². The Labute approximate surface area is 378 Å². The highest BCUT2D eigenvalue weighted by molar-refractivity contribution is 6.23. The predicted molar refractivity (Wildman–Crippen MR) is 282 cm³/mol. The Kier molecular flexibility index (Phi) is 14.2. The van der Waals surface area contributed by atoms with Gasteiger partial charge in [0, 0.05) is 5.56 Å². The van der Waals surface area contributed by atoms with Crippen LogP contribution in [0.5, 0.6) is 0 Å². The lowest BCUT2D eigenvalue weighted by molar-refractivity contribution is 1.47. The monoisotopic (exact) mass is 826 g/mol. The molecule has 0 aliphatic rings. The maximum atomic E-state index is 9.20. The molecule has 312 valence electrons. The van der Waals surface area contributed by atoms with Crippen LogP contribution in [0, 0.1) is 5.41 Å². The van der Waals surface area contributed by atoms with Gasteiger partial charge >= 0.3 is 0 Å². The van der Waals surface area contributed by atoms with E-state index in [-0.39, 0.29) is 0 Å². The molecule has 0 saturated carbocycles. The first kappa shape index (κ1) is 44.0. The summed E-state index contributed by atoms with van der Waals surface area (Å²) in [5, 5.41) is 18.7. The summed E-state index contributed by atoms with van der Waals surface area (Å²) < 4.78 is 0. The second kappa shape index (κ2) is 20.7. The number of benzene rings is 9. The summed E-state index contributed by atoms with van der Waals surface area (Å²) in [6.07, 6.45) is 12.5. The van der Waals surface area contributed by atoms with Crippen molar-refractivity contribution in [1.29, 1.82) is 5.41 Å². The quantitative estimate of drug-likeness (QED) is 0.0648. The lowest BCUT2D eigenvalue weighted by Gasteiger charge is -2.19. The third-order valence-corrected chi connectivity index (χ3v) is 11.3. The van der Waals surface area contributed by atoms with Gasteiger partial charge in [0.1, 0.15) is 0 Å². The molecule has 9 aromatic carbocycles. The van der Waals surface area contributed by atoms with Gasteiger partial charge in [-0.05, 0) is 156 Å². The molecule has 0 unspecified atom stereocenters. The Morgan fingerprint density at radius 3 is 1.31 bits per heavy atom. The van der Waals surface area contributed by atoms with Gasteiger partial charge in [-0.3, -0.25) is 0 Å². The molecule has 0 saturated heterocycles. The SMILES string of the molecule is C=C(/C=C\C(=N)c1ccc2c(-c3ccc(-c4ccc5ccccc5c4)cc3)c3ccccc3c(-c3ccc(-c4ccc5ccccc5c4)cc3)c2c1)C(/C=C\N)=C/C.C=CC.C=CC. The van der Waals surface area contributed by atoms with Crippen LogP contribution < -0.4 is 5.73 Å². The predicted octanol–water partition coefficient (Wildman–Crippen LogP) is 17.3. The number of nitrogens with two attached hydrogens (primary N) is 1. The van der Waals surface area contributed by atoms with Crippen LogP contribution in [-0.4, -0.2) is 5.71 Å². The van der Waals surface area contributed by atoms with Crippen molar-refractivity contribution in [2.75, 3.05) is 0 Å². The van der Waals surface area contributed by atoms with Crippen molar-refractivity contribution in [2.45, 2.75) is 20.8 Å². The summed E-state index contributed by atoms with van der Waals surface area (Å²) in [5.41, 5.74) is 18.0. The average Bonchev–Trinajstić information content (AvgIpc) is 3.34. The maximum Gasteiger partial charge on any atom is 0.0612 e. The molecule has 0 atom stereocenters. The molecule has 9 aromatic rings. The zero-order valence-electron chi connectivity index (χ0n) is 37.0. The van der Waals surface area contributed by atoms with Crippen molar-refractivity contribution >= 4 is 48.8 Å². The highest BCUT2D eigenvalue weighted by Crippen LogP contribution is 2.45. The number of fused-ring (bicyclic) bond motifs is 4. The minimum Gasteiger partial charge on any atom is -0.405 e. The number of allylic oxidation sites excluding steroid dienone is 8. The third-order valence-electron chi connectivity index (χ3n) is 11.3. The molecule has 0 aromatic heterocycles. The van der Waals surface area contributed by atoms with Crippen molar-refractivity contribution in [2.24, 2.45) is 5.73 Å². The van der Waals surface area contributed by atoms with Crippen molar-refractivity contribution in [3.8, 4) is 44.5 Å². The van der Waals surface area contributed by atoms with E-state index in [0.717, 1.165) is 44.2 Å². The average molecular weight is 827 g/mol. The van der Waals surface area contributed by atoms with E-state index in [1.807, 2.05) is 45.1 Å². The molecule has 0 aliphatic heterocycles. The van der Waals surface area contributed by atoms with Gasteiger partial charge in [0.2, 0.25) is 0 Å². The lowest BCUT2D eigenvalue weighted by atomic mass is 9.84. The molecule has 0 spiro atoms. The Balaban J connectivity index is 0.000000968. The van der Waals surface area contributed by atoms with Gasteiger partial charge in [-0.15, -0.1) is 13.2 Å². The smallest absolute Gasteiger partial charge is 0.0612 e. The van der Waals surface area contributed by atoms with E-state index < -0.39 is 0 Å². The van der Waals surface area contributed by atoms with Gasteiger partial charge in [0.15, 0.2) is 0 Å². The fourth-order valence-corrected chi connectivity index (χ4v) is 8.23. The van der Waals surface area contributed by atoms with Gasteiger partial charge in [0.05, 0.1) is 5.71 Å². The van der Waals surface area contributed by atoms with Gasteiger partial charge in [-0.25, -0.2) is 0 Å². The van der Waals surface area contributed by atoms with Crippen molar-refractivity contribution < 1.29 is 0 Å². The summed E-state index contributed by atoms with van der Waals surface area (Å²) in [7, 11) is 0. The van der Waals surface area contributed by atoms with E-state index in [9.17, 15) is 5.41 Å². The summed E-state index contributed by atoms with van der Waals surface area (Å²) in [4.78, 5) is 0. The van der Waals surface area contributed by atoms with E-state index in [0.29, 0.717) is 5.71 Å². The summed E-state index contributed by atoms with van der Waals surface area (Å²) >= 11 is 0. The highest BCUT2D eigenvalue weighted by atomic mass is 14.5. The van der Waals surface area contributed by atoms with E-state index in [1.54, 1.807) is 12.2 Å². The van der Waals surface area contributed by atoms with Crippen LogP contribution in [0.15, 0.2) is 249 Å². The van der Waals surface area contributed by atoms with E-state index in [1.165, 1.54) is 66.3 Å². The first-order valence-electron chi connectivity index (χ1n) is 21.6. The van der Waals surface area contributed by atoms with Crippen LogP contribution in [0.25, 0.3) is 87.6 Å². The standard InChI is InChI=1S/C56H42N2.2C3H6/c1-3-38(32-33-57)37(2)16-31-54(58)49-29-30-52-53(36-49)56(44-25-19-42(20-26-44)48-28-22-40-11-5-7-13-46(40)35-48)51-15-9-8-14-50(51)55(52)43-23-17-41(18-24-43)47-27-21-39-10-4-6-12-45(39)34-47;2*1-3-2/h3-36,58H,2,57H2,1H3;2*3H,1H2,2H3/b31-16-,33-32-,38-3+,58-54?;;. The Hall–Kier alpha value is -8.07. The second-order valence-corrected chi connectivity index (χ2v) is 15.5. The molecule has 0 aliphatic carbocycles. The molecule has 3 N–H and O–H groups in total. The molecule has 0 bridgehead atoms. The molecular weight excluding hydrogens is 773 g/mol. The van der Waals surface area contributed by atoms with Crippen molar-refractivity contribution in [3.63, 3.8) is 0 Å². The fourth-order valence-electron chi connectivity index (χ4n) is 8.23. The largest absolute Gasteiger partial charge is 0.405 e. The van der Waals surface area contributed by atoms with Crippen LogP contribution in [0.3, 0.4) is 0 Å². The lowest BCUT2D eigenvalue weighted by Crippen LogP contribution is -1.97. The van der Waals surface area contributed by atoms with Gasteiger partial charge in [-0.2, -0.15) is 0 Å². The summed E-state index contributed by atoms with van der Waals surface area (Å²) in [6, 6.07) is 63.4. The third kappa shape index (κ3) is 9.53. The normalized spacial score (nSPS) is 11.3. The Morgan fingerprint density at radius 2 is 0.844 bits per heavy atom. The molecule has 9 rings (SSSR count). The van der Waals surface area contributed by atoms with Crippen LogP contribution in [0.1, 0.15) is 26.3 Å². The Morgan fingerprint density at radius 1 is 0.438 bits per heavy atom. The summed E-state index contributed by atoms with van der Waals surface area (Å²) in [6.45, 7) is 16.7. The second-order valence-electron chi connectivity index (χ2n) is 15.5. The highest BCUT2D eigenvalue weighted by Gasteiger charge is 2.18. The zero-order valence-corrected chi connectivity index (χ0v) is 37.0. The van der Waals surface area contributed by atoms with Crippen molar-refractivity contribution in [3.05, 3.63) is 255 Å². The fraction of sp³-hybridized carbons (Fsp3) is 0.0484. The molecule has 64 heavy (non-hydrogen) atoms. The molecule has 2 nitrogen and oxygen atoms in total. The molecule has 0 heterocycles. The Bertz CT molecular complexity index is 3240. The van der Waals surface area contributed by atoms with E-state index in [4.69, 9.17) is 5.73 Å². The summed E-state index contributed by atoms with van der Waals surface area (Å²) in [5.74, 6) is 0. The zero-order chi connectivity index (χ0) is 45.0. The topological polar surface area (TPSA) is 49.9 Å². The minimum absolute atomic E-state index is 0.405. The molecule has 0 amide bonds. The van der Waals surface area contributed by atoms with E-state index >= 15 is 0 Å². The maximum absolute atomic E-state index is 9.20. The van der Waals surface area contributed by atoms with Crippen LogP contribution in [-0.2, 0) is 0 Å².